The molecule has 0 atom stereocenters. The number of amides is 1. The lowest BCUT2D eigenvalue weighted by Crippen LogP contribution is -2.34. The van der Waals surface area contributed by atoms with Gasteiger partial charge >= 0.3 is 0 Å². The van der Waals surface area contributed by atoms with Gasteiger partial charge in [0.05, 0.1) is 12.6 Å². The molecule has 2 aliphatic rings. The summed E-state index contributed by atoms with van der Waals surface area (Å²) in [5.74, 6) is 1.10. The predicted octanol–water partition coefficient (Wildman–Crippen LogP) is 4.37. The summed E-state index contributed by atoms with van der Waals surface area (Å²) < 4.78 is 7.98. The molecule has 0 spiro atoms. The van der Waals surface area contributed by atoms with Crippen molar-refractivity contribution in [1.82, 2.24) is 9.47 Å². The highest BCUT2D eigenvalue weighted by Gasteiger charge is 2.20. The third-order valence-electron chi connectivity index (χ3n) is 6.50. The Morgan fingerprint density at radius 1 is 1.07 bits per heavy atom. The van der Waals surface area contributed by atoms with E-state index in [9.17, 15) is 4.79 Å². The van der Waals surface area contributed by atoms with Crippen LogP contribution in [-0.4, -0.2) is 35.6 Å². The van der Waals surface area contributed by atoms with Crippen molar-refractivity contribution in [3.05, 3.63) is 59.3 Å². The van der Waals surface area contributed by atoms with Gasteiger partial charge in [0.1, 0.15) is 5.75 Å². The average molecular weight is 404 g/mol. The summed E-state index contributed by atoms with van der Waals surface area (Å²) in [5.41, 5.74) is 6.26. The van der Waals surface area contributed by atoms with Crippen LogP contribution < -0.4 is 10.1 Å². The fourth-order valence-electron chi connectivity index (χ4n) is 4.86. The predicted molar refractivity (Wildman–Crippen MR) is 120 cm³/mol. The number of aryl methyl sites for hydroxylation is 2. The van der Waals surface area contributed by atoms with Gasteiger partial charge in [-0.05, 0) is 67.6 Å². The Labute approximate surface area is 177 Å². The second-order valence-electron chi connectivity index (χ2n) is 8.45. The van der Waals surface area contributed by atoms with Crippen LogP contribution in [-0.2, 0) is 30.7 Å². The van der Waals surface area contributed by atoms with Crippen molar-refractivity contribution in [1.29, 1.82) is 0 Å². The van der Waals surface area contributed by atoms with Crippen molar-refractivity contribution in [3.63, 3.8) is 0 Å². The zero-order valence-corrected chi connectivity index (χ0v) is 17.6. The summed E-state index contributed by atoms with van der Waals surface area (Å²) in [6.07, 6.45) is 4.88. The van der Waals surface area contributed by atoms with E-state index in [0.29, 0.717) is 6.42 Å². The third kappa shape index (κ3) is 3.70. The SMILES string of the molecule is COc1cccc2c1cc1n2CCN(CCCCc2ccc3c(c2)NC(=O)CC3)C1. The molecule has 3 heterocycles. The smallest absolute Gasteiger partial charge is 0.224 e. The van der Waals surface area contributed by atoms with Gasteiger partial charge in [-0.2, -0.15) is 0 Å². The van der Waals surface area contributed by atoms with Crippen LogP contribution in [0.2, 0.25) is 0 Å². The van der Waals surface area contributed by atoms with Crippen molar-refractivity contribution < 1.29 is 9.53 Å². The highest BCUT2D eigenvalue weighted by atomic mass is 16.5. The molecule has 2 aromatic carbocycles. The molecule has 3 aromatic rings. The molecule has 30 heavy (non-hydrogen) atoms. The normalized spacial score (nSPS) is 16.2. The third-order valence-corrected chi connectivity index (χ3v) is 6.50. The van der Waals surface area contributed by atoms with Gasteiger partial charge in [0.2, 0.25) is 5.91 Å². The summed E-state index contributed by atoms with van der Waals surface area (Å²) in [7, 11) is 1.74. The molecule has 5 rings (SSSR count). The molecule has 156 valence electrons. The Bertz CT molecular complexity index is 1090. The van der Waals surface area contributed by atoms with E-state index < -0.39 is 0 Å². The maximum Gasteiger partial charge on any atom is 0.224 e. The Kier molecular flexibility index (Phi) is 5.21. The molecule has 1 amide bonds. The quantitative estimate of drug-likeness (QED) is 0.622. The summed E-state index contributed by atoms with van der Waals surface area (Å²) >= 11 is 0. The number of methoxy groups -OCH3 is 1. The number of fused-ring (bicyclic) bond motifs is 4. The number of carbonyl (C=O) groups excluding carboxylic acids is 1. The van der Waals surface area contributed by atoms with Crippen LogP contribution in [0.1, 0.15) is 36.1 Å². The van der Waals surface area contributed by atoms with E-state index in [0.717, 1.165) is 50.5 Å². The molecule has 0 bridgehead atoms. The summed E-state index contributed by atoms with van der Waals surface area (Å²) in [4.78, 5) is 14.2. The van der Waals surface area contributed by atoms with Gasteiger partial charge in [0, 0.05) is 42.8 Å². The first-order valence-electron chi connectivity index (χ1n) is 11.0. The fourth-order valence-corrected chi connectivity index (χ4v) is 4.86. The molecule has 2 aliphatic heterocycles. The van der Waals surface area contributed by atoms with Crippen LogP contribution in [0, 0.1) is 0 Å². The van der Waals surface area contributed by atoms with Crippen LogP contribution >= 0.6 is 0 Å². The number of rotatable bonds is 6. The summed E-state index contributed by atoms with van der Waals surface area (Å²) in [6, 6.07) is 15.2. The second-order valence-corrected chi connectivity index (χ2v) is 8.45. The van der Waals surface area contributed by atoms with E-state index in [1.165, 1.54) is 40.6 Å². The molecule has 0 saturated heterocycles. The number of benzene rings is 2. The van der Waals surface area contributed by atoms with Gasteiger partial charge in [0.15, 0.2) is 0 Å². The molecule has 1 aromatic heterocycles. The van der Waals surface area contributed by atoms with E-state index in [1.807, 2.05) is 6.07 Å². The topological polar surface area (TPSA) is 46.5 Å². The summed E-state index contributed by atoms with van der Waals surface area (Å²) in [5, 5.41) is 4.23. The standard InChI is InChI=1S/C25H29N3O2/c1-30-24-7-4-6-23-21(24)16-20-17-27(13-14-28(20)23)12-3-2-5-18-8-9-19-10-11-25(29)26-22(19)15-18/h4,6-9,15-16H,2-3,5,10-14,17H2,1H3,(H,26,29). The Balaban J connectivity index is 1.16. The molecule has 0 fully saturated rings. The van der Waals surface area contributed by atoms with E-state index in [1.54, 1.807) is 7.11 Å². The molecule has 0 aliphatic carbocycles. The van der Waals surface area contributed by atoms with Crippen molar-refractivity contribution in [3.8, 4) is 5.75 Å². The molecule has 5 heteroatoms. The molecule has 0 unspecified atom stereocenters. The molecule has 0 radical (unpaired) electrons. The van der Waals surface area contributed by atoms with Crippen LogP contribution in [0.4, 0.5) is 5.69 Å². The number of hydrogen-bond acceptors (Lipinski definition) is 3. The molecular formula is C25H29N3O2. The largest absolute Gasteiger partial charge is 0.496 e. The number of anilines is 1. The van der Waals surface area contributed by atoms with E-state index >= 15 is 0 Å². The van der Waals surface area contributed by atoms with Crippen LogP contribution in [0.15, 0.2) is 42.5 Å². The van der Waals surface area contributed by atoms with Crippen molar-refractivity contribution in [2.24, 2.45) is 0 Å². The lowest BCUT2D eigenvalue weighted by molar-refractivity contribution is -0.116. The zero-order chi connectivity index (χ0) is 20.5. The van der Waals surface area contributed by atoms with Crippen LogP contribution in [0.5, 0.6) is 5.75 Å². The van der Waals surface area contributed by atoms with Gasteiger partial charge in [-0.15, -0.1) is 0 Å². The average Bonchev–Trinajstić information content (AvgIpc) is 3.14. The Hall–Kier alpha value is -2.79. The number of unbranched alkanes of at least 4 members (excludes halogenated alkanes) is 1. The first kappa shape index (κ1) is 19.2. The van der Waals surface area contributed by atoms with Gasteiger partial charge in [-0.1, -0.05) is 18.2 Å². The lowest BCUT2D eigenvalue weighted by atomic mass is 9.99. The number of carbonyl (C=O) groups is 1. The number of nitrogens with zero attached hydrogens (tertiary/aromatic N) is 2. The van der Waals surface area contributed by atoms with Gasteiger partial charge < -0.3 is 14.6 Å². The zero-order valence-electron chi connectivity index (χ0n) is 17.6. The highest BCUT2D eigenvalue weighted by Crippen LogP contribution is 2.31. The number of aromatic nitrogens is 1. The molecular weight excluding hydrogens is 374 g/mol. The molecule has 1 N–H and O–H groups in total. The first-order chi connectivity index (χ1) is 14.7. The minimum Gasteiger partial charge on any atom is -0.496 e. The molecule has 0 saturated carbocycles. The first-order valence-corrected chi connectivity index (χ1v) is 11.0. The molecule has 5 nitrogen and oxygen atoms in total. The van der Waals surface area contributed by atoms with Crippen LogP contribution in [0.3, 0.4) is 0 Å². The number of nitrogens with one attached hydrogen (secondary N) is 1. The number of ether oxygens (including phenoxy) is 1. The monoisotopic (exact) mass is 403 g/mol. The fraction of sp³-hybridized carbons (Fsp3) is 0.400. The highest BCUT2D eigenvalue weighted by molar-refractivity contribution is 5.94. The van der Waals surface area contributed by atoms with Crippen molar-refractivity contribution in [2.45, 2.75) is 45.2 Å². The van der Waals surface area contributed by atoms with Gasteiger partial charge in [-0.3, -0.25) is 9.69 Å². The Morgan fingerprint density at radius 3 is 2.90 bits per heavy atom. The second kappa shape index (κ2) is 8.15. The maximum atomic E-state index is 11.6. The van der Waals surface area contributed by atoms with Crippen molar-refractivity contribution in [2.75, 3.05) is 25.5 Å². The van der Waals surface area contributed by atoms with Crippen molar-refractivity contribution >= 4 is 22.5 Å². The lowest BCUT2D eigenvalue weighted by Gasteiger charge is -2.29. The summed E-state index contributed by atoms with van der Waals surface area (Å²) in [6.45, 7) is 4.26. The van der Waals surface area contributed by atoms with Crippen LogP contribution in [0.25, 0.3) is 10.9 Å². The van der Waals surface area contributed by atoms with Gasteiger partial charge in [0.25, 0.3) is 0 Å². The number of hydrogen-bond donors (Lipinski definition) is 1. The minimum atomic E-state index is 0.139. The Morgan fingerprint density at radius 2 is 2.00 bits per heavy atom. The van der Waals surface area contributed by atoms with E-state index in [4.69, 9.17) is 4.74 Å². The maximum absolute atomic E-state index is 11.6. The van der Waals surface area contributed by atoms with E-state index in [-0.39, 0.29) is 5.91 Å². The van der Waals surface area contributed by atoms with Gasteiger partial charge in [-0.25, -0.2) is 0 Å². The minimum absolute atomic E-state index is 0.139. The van der Waals surface area contributed by atoms with E-state index in [2.05, 4.69) is 51.2 Å².